The van der Waals surface area contributed by atoms with Crippen LogP contribution in [0, 0.1) is 5.92 Å². The van der Waals surface area contributed by atoms with Crippen LogP contribution in [-0.2, 0) is 0 Å². The summed E-state index contributed by atoms with van der Waals surface area (Å²) in [5, 5.41) is 7.89. The Morgan fingerprint density at radius 2 is 1.36 bits per heavy atom. The van der Waals surface area contributed by atoms with Gasteiger partial charge in [-0.1, -0.05) is 90.9 Å². The van der Waals surface area contributed by atoms with Crippen molar-refractivity contribution in [3.63, 3.8) is 0 Å². The van der Waals surface area contributed by atoms with E-state index >= 15 is 0 Å². The van der Waals surface area contributed by atoms with E-state index in [0.717, 1.165) is 0 Å². The van der Waals surface area contributed by atoms with E-state index < -0.39 is 0 Å². The Bertz CT molecular complexity index is 329. The maximum Gasteiger partial charge on any atom is 0.0530 e. The van der Waals surface area contributed by atoms with Gasteiger partial charge >= 0.3 is 0 Å². The van der Waals surface area contributed by atoms with E-state index in [2.05, 4.69) is 37.2 Å². The third-order valence-corrected chi connectivity index (χ3v) is 4.12. The molecule has 1 atom stereocenters. The highest BCUT2D eigenvalue weighted by Gasteiger charge is 2.12. The molecule has 0 heterocycles. The zero-order chi connectivity index (χ0) is 16.5. The SMILES string of the molecule is C=CN=N/C=C(\C=C)C(CCCCCC)CCCCCCC. The Hall–Kier alpha value is -1.18. The molecular weight excluding hydrogens is 268 g/mol. The maximum absolute atomic E-state index is 4.06. The van der Waals surface area contributed by atoms with Gasteiger partial charge in [0, 0.05) is 6.20 Å². The van der Waals surface area contributed by atoms with Gasteiger partial charge in [0.1, 0.15) is 0 Å². The van der Waals surface area contributed by atoms with Gasteiger partial charge in [-0.05, 0) is 24.3 Å². The van der Waals surface area contributed by atoms with Gasteiger partial charge in [-0.3, -0.25) is 0 Å². The number of hydrogen-bond donors (Lipinski definition) is 0. The molecule has 0 spiro atoms. The van der Waals surface area contributed by atoms with Gasteiger partial charge in [-0.2, -0.15) is 10.2 Å². The average molecular weight is 305 g/mol. The van der Waals surface area contributed by atoms with E-state index in [4.69, 9.17) is 0 Å². The fourth-order valence-corrected chi connectivity index (χ4v) is 2.76. The summed E-state index contributed by atoms with van der Waals surface area (Å²) in [5.74, 6) is 0.583. The molecule has 22 heavy (non-hydrogen) atoms. The van der Waals surface area contributed by atoms with E-state index in [1.165, 1.54) is 82.4 Å². The maximum atomic E-state index is 4.06. The molecule has 0 fully saturated rings. The summed E-state index contributed by atoms with van der Waals surface area (Å²) in [6, 6.07) is 0. The first-order valence-electron chi connectivity index (χ1n) is 9.13. The molecule has 0 aromatic rings. The van der Waals surface area contributed by atoms with E-state index in [0.29, 0.717) is 5.92 Å². The van der Waals surface area contributed by atoms with Gasteiger partial charge in [-0.25, -0.2) is 0 Å². The molecule has 0 aliphatic rings. The molecule has 126 valence electrons. The topological polar surface area (TPSA) is 24.7 Å². The van der Waals surface area contributed by atoms with Crippen LogP contribution in [0.5, 0.6) is 0 Å². The van der Waals surface area contributed by atoms with Crippen LogP contribution in [0.1, 0.15) is 84.5 Å². The molecule has 0 saturated heterocycles. The Balaban J connectivity index is 4.45. The summed E-state index contributed by atoms with van der Waals surface area (Å²) in [6.07, 6.45) is 19.7. The van der Waals surface area contributed by atoms with Crippen LogP contribution in [0.15, 0.2) is 47.4 Å². The lowest BCUT2D eigenvalue weighted by Gasteiger charge is -2.17. The van der Waals surface area contributed by atoms with Crippen molar-refractivity contribution >= 4 is 0 Å². The van der Waals surface area contributed by atoms with Crippen LogP contribution >= 0.6 is 0 Å². The molecule has 0 radical (unpaired) electrons. The molecule has 0 aromatic heterocycles. The van der Waals surface area contributed by atoms with Crippen LogP contribution in [0.4, 0.5) is 0 Å². The van der Waals surface area contributed by atoms with E-state index in [1.807, 2.05) is 12.3 Å². The molecule has 2 nitrogen and oxygen atoms in total. The Kier molecular flexibility index (Phi) is 15.3. The lowest BCUT2D eigenvalue weighted by molar-refractivity contribution is 0.458. The Labute approximate surface area is 138 Å². The largest absolute Gasteiger partial charge is 0.160 e. The Morgan fingerprint density at radius 1 is 0.818 bits per heavy atom. The quantitative estimate of drug-likeness (QED) is 0.169. The van der Waals surface area contributed by atoms with Crippen molar-refractivity contribution in [1.29, 1.82) is 0 Å². The minimum atomic E-state index is 0.583. The third-order valence-electron chi connectivity index (χ3n) is 4.12. The summed E-state index contributed by atoms with van der Waals surface area (Å²) in [6.45, 7) is 12.1. The highest BCUT2D eigenvalue weighted by Crippen LogP contribution is 2.26. The van der Waals surface area contributed by atoms with Crippen molar-refractivity contribution in [2.45, 2.75) is 84.5 Å². The summed E-state index contributed by atoms with van der Waals surface area (Å²) < 4.78 is 0. The van der Waals surface area contributed by atoms with Crippen molar-refractivity contribution in [3.8, 4) is 0 Å². The summed E-state index contributed by atoms with van der Waals surface area (Å²) in [4.78, 5) is 0. The third kappa shape index (κ3) is 11.5. The minimum absolute atomic E-state index is 0.583. The molecule has 0 N–H and O–H groups in total. The molecule has 2 heteroatoms. The van der Waals surface area contributed by atoms with Crippen molar-refractivity contribution in [2.24, 2.45) is 16.1 Å². The van der Waals surface area contributed by atoms with Crippen LogP contribution in [0.25, 0.3) is 0 Å². The molecule has 0 aromatic carbocycles. The lowest BCUT2D eigenvalue weighted by atomic mass is 9.88. The van der Waals surface area contributed by atoms with E-state index in [-0.39, 0.29) is 0 Å². The number of allylic oxidation sites excluding steroid dienone is 2. The number of rotatable bonds is 15. The van der Waals surface area contributed by atoms with Gasteiger partial charge in [0.15, 0.2) is 0 Å². The van der Waals surface area contributed by atoms with Crippen molar-refractivity contribution in [3.05, 3.63) is 37.2 Å². The van der Waals surface area contributed by atoms with E-state index in [1.54, 1.807) is 0 Å². The highest BCUT2D eigenvalue weighted by molar-refractivity contribution is 5.18. The van der Waals surface area contributed by atoms with Crippen LogP contribution in [-0.4, -0.2) is 0 Å². The summed E-state index contributed by atoms with van der Waals surface area (Å²) >= 11 is 0. The van der Waals surface area contributed by atoms with Crippen molar-refractivity contribution in [2.75, 3.05) is 0 Å². The highest BCUT2D eigenvalue weighted by atomic mass is 15.1. The molecule has 0 bridgehead atoms. The standard InChI is InChI=1S/C20H36N2/c1-5-9-11-13-15-17-20(16-14-12-10-6-2)19(7-3)18-22-21-8-4/h7-8,18,20H,3-6,9-17H2,1-2H3/b19-18+,22-21?. The Morgan fingerprint density at radius 3 is 1.86 bits per heavy atom. The monoisotopic (exact) mass is 304 g/mol. The molecule has 0 aliphatic heterocycles. The first-order valence-corrected chi connectivity index (χ1v) is 9.13. The predicted octanol–water partition coefficient (Wildman–Crippen LogP) is 7.60. The van der Waals surface area contributed by atoms with Gasteiger partial charge in [0.25, 0.3) is 0 Å². The second-order valence-electron chi connectivity index (χ2n) is 6.00. The van der Waals surface area contributed by atoms with Crippen LogP contribution < -0.4 is 0 Å². The molecule has 0 amide bonds. The average Bonchev–Trinajstić information content (AvgIpc) is 2.54. The van der Waals surface area contributed by atoms with Crippen molar-refractivity contribution in [1.82, 2.24) is 0 Å². The van der Waals surface area contributed by atoms with Crippen LogP contribution in [0.3, 0.4) is 0 Å². The zero-order valence-electron chi connectivity index (χ0n) is 14.9. The first kappa shape index (κ1) is 20.8. The molecular formula is C20H36N2. The summed E-state index contributed by atoms with van der Waals surface area (Å²) in [5.41, 5.74) is 1.23. The number of nitrogens with zero attached hydrogens (tertiary/aromatic N) is 2. The van der Waals surface area contributed by atoms with Gasteiger partial charge in [0.2, 0.25) is 0 Å². The smallest absolute Gasteiger partial charge is 0.0530 e. The fraction of sp³-hybridized carbons (Fsp3) is 0.700. The zero-order valence-corrected chi connectivity index (χ0v) is 14.9. The first-order chi connectivity index (χ1) is 10.8. The second-order valence-corrected chi connectivity index (χ2v) is 6.00. The number of hydrogen-bond acceptors (Lipinski definition) is 2. The molecule has 0 saturated carbocycles. The van der Waals surface area contributed by atoms with Gasteiger partial charge in [-0.15, -0.1) is 0 Å². The predicted molar refractivity (Wildman–Crippen MR) is 99.0 cm³/mol. The van der Waals surface area contributed by atoms with Crippen molar-refractivity contribution < 1.29 is 0 Å². The minimum Gasteiger partial charge on any atom is -0.160 e. The van der Waals surface area contributed by atoms with Crippen LogP contribution in [0.2, 0.25) is 0 Å². The number of unbranched alkanes of at least 4 members (excludes halogenated alkanes) is 7. The molecule has 1 unspecified atom stereocenters. The fourth-order valence-electron chi connectivity index (χ4n) is 2.76. The molecule has 0 rings (SSSR count). The van der Waals surface area contributed by atoms with Gasteiger partial charge < -0.3 is 0 Å². The second kappa shape index (κ2) is 16.2. The lowest BCUT2D eigenvalue weighted by Crippen LogP contribution is -2.03. The number of azo groups is 1. The van der Waals surface area contributed by atoms with Gasteiger partial charge in [0.05, 0.1) is 6.20 Å². The normalized spacial score (nSPS) is 13.5. The van der Waals surface area contributed by atoms with E-state index in [9.17, 15) is 0 Å². The molecule has 0 aliphatic carbocycles. The summed E-state index contributed by atoms with van der Waals surface area (Å²) in [7, 11) is 0.